The Morgan fingerprint density at radius 2 is 2.00 bits per heavy atom. The van der Waals surface area contributed by atoms with Crippen LogP contribution < -0.4 is 10.6 Å². The molecular weight excluding hydrogens is 232 g/mol. The van der Waals surface area contributed by atoms with Gasteiger partial charge in [0.05, 0.1) is 5.57 Å². The third kappa shape index (κ3) is 4.41. The fourth-order valence-electron chi connectivity index (χ4n) is 1.82. The first-order chi connectivity index (χ1) is 8.66. The van der Waals surface area contributed by atoms with Crippen LogP contribution in [0.3, 0.4) is 0 Å². The highest BCUT2D eigenvalue weighted by atomic mass is 16.3. The predicted octanol–water partition coefficient (Wildman–Crippen LogP) is 1.54. The van der Waals surface area contributed by atoms with Crippen LogP contribution in [0.5, 0.6) is 0 Å². The number of nitrogens with one attached hydrogen (secondary N) is 2. The van der Waals surface area contributed by atoms with Gasteiger partial charge in [-0.2, -0.15) is 0 Å². The van der Waals surface area contributed by atoms with Crippen molar-refractivity contribution in [3.63, 3.8) is 0 Å². The summed E-state index contributed by atoms with van der Waals surface area (Å²) in [6.45, 7) is 1.57. The molecule has 0 bridgehead atoms. The Morgan fingerprint density at radius 3 is 2.72 bits per heavy atom. The number of aliphatic hydroxyl groups excluding tert-OH is 2. The maximum absolute atomic E-state index is 11.7. The molecule has 0 fully saturated rings. The molecule has 0 atom stereocenters. The van der Waals surface area contributed by atoms with E-state index in [1.165, 1.54) is 0 Å². The molecule has 0 spiro atoms. The highest BCUT2D eigenvalue weighted by molar-refractivity contribution is 5.97. The van der Waals surface area contributed by atoms with Gasteiger partial charge in [-0.3, -0.25) is 4.79 Å². The van der Waals surface area contributed by atoms with E-state index in [1.807, 2.05) is 7.05 Å². The van der Waals surface area contributed by atoms with Gasteiger partial charge in [0.2, 0.25) is 0 Å². The Bertz CT molecular complexity index is 348. The van der Waals surface area contributed by atoms with Gasteiger partial charge in [-0.05, 0) is 32.9 Å². The summed E-state index contributed by atoms with van der Waals surface area (Å²) in [5, 5.41) is 24.8. The maximum atomic E-state index is 11.7. The number of carbonyl (C=O) groups is 1. The van der Waals surface area contributed by atoms with Gasteiger partial charge in [0.15, 0.2) is 5.76 Å². The van der Waals surface area contributed by atoms with E-state index in [-0.39, 0.29) is 23.0 Å². The van der Waals surface area contributed by atoms with Crippen molar-refractivity contribution < 1.29 is 15.0 Å². The first-order valence-corrected chi connectivity index (χ1v) is 6.41. The SMILES string of the molecule is CNCCCCCNC(=O)C1=CCCC(O)=C1O. The van der Waals surface area contributed by atoms with Crippen molar-refractivity contribution in [2.75, 3.05) is 20.1 Å². The van der Waals surface area contributed by atoms with E-state index >= 15 is 0 Å². The molecule has 0 aromatic rings. The number of hydrogen-bond acceptors (Lipinski definition) is 4. The molecule has 102 valence electrons. The van der Waals surface area contributed by atoms with Crippen molar-refractivity contribution in [2.24, 2.45) is 0 Å². The zero-order valence-corrected chi connectivity index (χ0v) is 10.8. The minimum atomic E-state index is -0.313. The lowest BCUT2D eigenvalue weighted by Gasteiger charge is -2.13. The van der Waals surface area contributed by atoms with Crippen molar-refractivity contribution >= 4 is 5.91 Å². The standard InChI is InChI=1S/C13H22N2O3/c1-14-8-3-2-4-9-15-13(18)10-6-5-7-11(16)12(10)17/h6,14,16-17H,2-5,7-9H2,1H3,(H,15,18). The topological polar surface area (TPSA) is 81.6 Å². The van der Waals surface area contributed by atoms with Crippen LogP contribution in [0.2, 0.25) is 0 Å². The number of aliphatic hydroxyl groups is 2. The molecular formula is C13H22N2O3. The van der Waals surface area contributed by atoms with Crippen molar-refractivity contribution in [3.8, 4) is 0 Å². The van der Waals surface area contributed by atoms with E-state index in [9.17, 15) is 15.0 Å². The van der Waals surface area contributed by atoms with Gasteiger partial charge in [-0.1, -0.05) is 12.5 Å². The number of rotatable bonds is 7. The number of allylic oxidation sites excluding steroid dienone is 2. The summed E-state index contributed by atoms with van der Waals surface area (Å²) in [5.74, 6) is -0.696. The summed E-state index contributed by atoms with van der Waals surface area (Å²) in [4.78, 5) is 11.7. The molecule has 5 heteroatoms. The lowest BCUT2D eigenvalue weighted by molar-refractivity contribution is -0.117. The average molecular weight is 254 g/mol. The largest absolute Gasteiger partial charge is 0.508 e. The Balaban J connectivity index is 2.27. The monoisotopic (exact) mass is 254 g/mol. The van der Waals surface area contributed by atoms with E-state index in [0.717, 1.165) is 25.8 Å². The molecule has 4 N–H and O–H groups in total. The molecule has 0 radical (unpaired) electrons. The summed E-state index contributed by atoms with van der Waals surface area (Å²) >= 11 is 0. The summed E-state index contributed by atoms with van der Waals surface area (Å²) in [5.41, 5.74) is 0.189. The van der Waals surface area contributed by atoms with E-state index < -0.39 is 0 Å². The minimum Gasteiger partial charge on any atom is -0.508 e. The second-order valence-corrected chi connectivity index (χ2v) is 4.37. The molecule has 1 aliphatic carbocycles. The van der Waals surface area contributed by atoms with Crippen LogP contribution in [0.1, 0.15) is 32.1 Å². The van der Waals surface area contributed by atoms with Crippen LogP contribution in [0.15, 0.2) is 23.2 Å². The van der Waals surface area contributed by atoms with Crippen LogP contribution in [0, 0.1) is 0 Å². The van der Waals surface area contributed by atoms with Gasteiger partial charge in [-0.15, -0.1) is 0 Å². The van der Waals surface area contributed by atoms with Crippen molar-refractivity contribution in [1.29, 1.82) is 0 Å². The van der Waals surface area contributed by atoms with Gasteiger partial charge in [0.1, 0.15) is 5.76 Å². The van der Waals surface area contributed by atoms with Gasteiger partial charge in [-0.25, -0.2) is 0 Å². The fraction of sp³-hybridized carbons (Fsp3) is 0.615. The van der Waals surface area contributed by atoms with Gasteiger partial charge < -0.3 is 20.8 Å². The highest BCUT2D eigenvalue weighted by Crippen LogP contribution is 2.21. The summed E-state index contributed by atoms with van der Waals surface area (Å²) < 4.78 is 0. The molecule has 0 aromatic heterocycles. The average Bonchev–Trinajstić information content (AvgIpc) is 2.36. The first kappa shape index (κ1) is 14.6. The zero-order valence-electron chi connectivity index (χ0n) is 10.8. The smallest absolute Gasteiger partial charge is 0.254 e. The summed E-state index contributed by atoms with van der Waals surface area (Å²) in [6, 6.07) is 0. The second kappa shape index (κ2) is 7.76. The zero-order chi connectivity index (χ0) is 13.4. The Kier molecular flexibility index (Phi) is 6.28. The van der Waals surface area contributed by atoms with E-state index in [2.05, 4.69) is 10.6 Å². The molecule has 5 nitrogen and oxygen atoms in total. The fourth-order valence-corrected chi connectivity index (χ4v) is 1.82. The molecule has 0 aromatic carbocycles. The molecule has 0 heterocycles. The molecule has 1 amide bonds. The van der Waals surface area contributed by atoms with Crippen LogP contribution >= 0.6 is 0 Å². The van der Waals surface area contributed by atoms with Gasteiger partial charge in [0, 0.05) is 13.0 Å². The number of hydrogen-bond donors (Lipinski definition) is 4. The van der Waals surface area contributed by atoms with E-state index in [1.54, 1.807) is 6.08 Å². The number of amides is 1. The molecule has 0 saturated carbocycles. The molecule has 18 heavy (non-hydrogen) atoms. The molecule has 1 rings (SSSR count). The third-order valence-corrected chi connectivity index (χ3v) is 2.89. The second-order valence-electron chi connectivity index (χ2n) is 4.37. The van der Waals surface area contributed by atoms with E-state index in [4.69, 9.17) is 0 Å². The Hall–Kier alpha value is -1.49. The van der Waals surface area contributed by atoms with Crippen LogP contribution in [0.4, 0.5) is 0 Å². The van der Waals surface area contributed by atoms with Crippen LogP contribution in [-0.2, 0) is 4.79 Å². The van der Waals surface area contributed by atoms with Gasteiger partial charge in [0.25, 0.3) is 5.91 Å². The summed E-state index contributed by atoms with van der Waals surface area (Å²) in [6.07, 6.45) is 5.68. The maximum Gasteiger partial charge on any atom is 0.254 e. The molecule has 0 saturated heterocycles. The summed E-state index contributed by atoms with van der Waals surface area (Å²) in [7, 11) is 1.92. The first-order valence-electron chi connectivity index (χ1n) is 6.41. The lowest BCUT2D eigenvalue weighted by atomic mass is 10.0. The molecule has 1 aliphatic rings. The minimum absolute atomic E-state index is 0.100. The lowest BCUT2D eigenvalue weighted by Crippen LogP contribution is -2.28. The molecule has 0 unspecified atom stereocenters. The van der Waals surface area contributed by atoms with Crippen molar-refractivity contribution in [2.45, 2.75) is 32.1 Å². The van der Waals surface area contributed by atoms with Crippen LogP contribution in [-0.4, -0.2) is 36.3 Å². The number of carbonyl (C=O) groups excluding carboxylic acids is 1. The molecule has 0 aliphatic heterocycles. The van der Waals surface area contributed by atoms with E-state index in [0.29, 0.717) is 19.4 Å². The third-order valence-electron chi connectivity index (χ3n) is 2.89. The Morgan fingerprint density at radius 1 is 1.28 bits per heavy atom. The normalized spacial score (nSPS) is 15.5. The van der Waals surface area contributed by atoms with Crippen molar-refractivity contribution in [3.05, 3.63) is 23.2 Å². The quantitative estimate of drug-likeness (QED) is 0.519. The van der Waals surface area contributed by atoms with Crippen LogP contribution in [0.25, 0.3) is 0 Å². The number of unbranched alkanes of at least 4 members (excludes halogenated alkanes) is 2. The van der Waals surface area contributed by atoms with Crippen molar-refractivity contribution in [1.82, 2.24) is 10.6 Å². The predicted molar refractivity (Wildman–Crippen MR) is 70.4 cm³/mol. The van der Waals surface area contributed by atoms with Gasteiger partial charge >= 0.3 is 0 Å². The Labute approximate surface area is 108 Å². The highest BCUT2D eigenvalue weighted by Gasteiger charge is 2.20.